The van der Waals surface area contributed by atoms with Gasteiger partial charge in [0.05, 0.1) is 6.10 Å². The Balaban J connectivity index is 1.65. The molecule has 0 radical (unpaired) electrons. The Bertz CT molecular complexity index is 551. The van der Waals surface area contributed by atoms with Crippen LogP contribution in [0.2, 0.25) is 0 Å². The van der Waals surface area contributed by atoms with E-state index in [1.165, 1.54) is 0 Å². The standard InChI is InChI=1S/C21H33FO3/c1-20-8-7-13(24)9-12(20)3-4-14-15-5-6-16(18(25)11-23)21(15,2)10-17(22)19(14)20/h12-17,19,23-24H,3-11H2,1-2H3/t12-,13+,14+,15+,16-,17-,19-,20+,21+/m1/s1. The summed E-state index contributed by atoms with van der Waals surface area (Å²) in [5.41, 5.74) is -0.278. The molecular weight excluding hydrogens is 319 g/mol. The molecule has 0 saturated heterocycles. The van der Waals surface area contributed by atoms with Crippen molar-refractivity contribution in [2.45, 2.75) is 77.5 Å². The van der Waals surface area contributed by atoms with Gasteiger partial charge in [-0.15, -0.1) is 0 Å². The zero-order chi connectivity index (χ0) is 18.0. The molecule has 2 N–H and O–H groups in total. The van der Waals surface area contributed by atoms with Crippen molar-refractivity contribution in [3.8, 4) is 0 Å². The lowest BCUT2D eigenvalue weighted by atomic mass is 9.44. The third-order valence-corrected chi connectivity index (χ3v) is 9.07. The van der Waals surface area contributed by atoms with Crippen LogP contribution in [0.1, 0.15) is 65.2 Å². The second-order valence-corrected chi connectivity index (χ2v) is 9.98. The first kappa shape index (κ1) is 17.9. The average molecular weight is 352 g/mol. The Hall–Kier alpha value is -0.480. The summed E-state index contributed by atoms with van der Waals surface area (Å²) in [6, 6.07) is 0. The smallest absolute Gasteiger partial charge is 0.161 e. The predicted octanol–water partition coefficient (Wildman–Crippen LogP) is 3.52. The van der Waals surface area contributed by atoms with E-state index in [0.717, 1.165) is 44.9 Å². The summed E-state index contributed by atoms with van der Waals surface area (Å²) in [6.45, 7) is 3.99. The number of Topliss-reactive ketones (excluding diaryl/α,β-unsaturated/α-hetero) is 1. The van der Waals surface area contributed by atoms with Crippen molar-refractivity contribution in [3.63, 3.8) is 0 Å². The number of fused-ring (bicyclic) bond motifs is 5. The van der Waals surface area contributed by atoms with Gasteiger partial charge in [0, 0.05) is 5.92 Å². The number of rotatable bonds is 2. The van der Waals surface area contributed by atoms with Crippen molar-refractivity contribution < 1.29 is 19.4 Å². The molecule has 0 amide bonds. The summed E-state index contributed by atoms with van der Waals surface area (Å²) in [5, 5.41) is 19.4. The second-order valence-electron chi connectivity index (χ2n) is 9.98. The zero-order valence-corrected chi connectivity index (χ0v) is 15.6. The largest absolute Gasteiger partial charge is 0.393 e. The predicted molar refractivity (Wildman–Crippen MR) is 93.6 cm³/mol. The van der Waals surface area contributed by atoms with E-state index in [1.807, 2.05) is 0 Å². The normalized spacial score (nSPS) is 55.2. The second kappa shape index (κ2) is 6.02. The molecular formula is C21H33FO3. The number of aliphatic hydroxyl groups excluding tert-OH is 2. The molecule has 0 aromatic rings. The molecule has 4 saturated carbocycles. The van der Waals surface area contributed by atoms with Crippen LogP contribution in [0.15, 0.2) is 0 Å². The van der Waals surface area contributed by atoms with Crippen molar-refractivity contribution in [2.75, 3.05) is 6.61 Å². The van der Waals surface area contributed by atoms with E-state index in [1.54, 1.807) is 0 Å². The average Bonchev–Trinajstić information content (AvgIpc) is 2.91. The molecule has 0 bridgehead atoms. The zero-order valence-electron chi connectivity index (χ0n) is 15.6. The van der Waals surface area contributed by atoms with Crippen LogP contribution in [0.3, 0.4) is 0 Å². The summed E-state index contributed by atoms with van der Waals surface area (Å²) < 4.78 is 15.6. The number of alkyl halides is 1. The van der Waals surface area contributed by atoms with Gasteiger partial charge in [-0.3, -0.25) is 4.79 Å². The first-order chi connectivity index (χ1) is 11.8. The molecule has 0 spiro atoms. The monoisotopic (exact) mass is 352 g/mol. The van der Waals surface area contributed by atoms with Gasteiger partial charge in [0.2, 0.25) is 0 Å². The van der Waals surface area contributed by atoms with Crippen LogP contribution in [-0.2, 0) is 4.79 Å². The van der Waals surface area contributed by atoms with Gasteiger partial charge in [-0.2, -0.15) is 0 Å². The number of ketones is 1. The van der Waals surface area contributed by atoms with Gasteiger partial charge in [0.15, 0.2) is 5.78 Å². The number of carbonyl (C=O) groups excluding carboxylic acids is 1. The van der Waals surface area contributed by atoms with Gasteiger partial charge in [0.25, 0.3) is 0 Å². The highest BCUT2D eigenvalue weighted by molar-refractivity contribution is 5.83. The minimum Gasteiger partial charge on any atom is -0.393 e. The Labute approximate surface area is 150 Å². The van der Waals surface area contributed by atoms with Crippen LogP contribution in [0.5, 0.6) is 0 Å². The van der Waals surface area contributed by atoms with Gasteiger partial charge >= 0.3 is 0 Å². The van der Waals surface area contributed by atoms with Crippen LogP contribution in [0, 0.1) is 40.4 Å². The molecule has 0 aromatic heterocycles. The topological polar surface area (TPSA) is 57.5 Å². The molecule has 4 aliphatic rings. The van der Waals surface area contributed by atoms with E-state index in [0.29, 0.717) is 24.2 Å². The lowest BCUT2D eigenvalue weighted by Gasteiger charge is -2.61. The van der Waals surface area contributed by atoms with Gasteiger partial charge in [-0.1, -0.05) is 13.8 Å². The van der Waals surface area contributed by atoms with Crippen LogP contribution in [0.25, 0.3) is 0 Å². The lowest BCUT2D eigenvalue weighted by Crippen LogP contribution is -2.58. The third-order valence-electron chi connectivity index (χ3n) is 9.07. The minimum absolute atomic E-state index is 0.00195. The Kier molecular flexibility index (Phi) is 4.31. The SMILES string of the molecule is C[C@]12CC[C@H](O)C[C@H]1CC[C@@H]1[C@@H]2[C@H](F)C[C@]2(C)[C@@H](C(=O)CO)CC[C@@H]12. The fourth-order valence-corrected chi connectivity index (χ4v) is 7.93. The number of aliphatic hydroxyl groups is 2. The molecule has 4 fully saturated rings. The summed E-state index contributed by atoms with van der Waals surface area (Å²) in [7, 11) is 0. The van der Waals surface area contributed by atoms with Crippen molar-refractivity contribution in [1.82, 2.24) is 0 Å². The molecule has 3 nitrogen and oxygen atoms in total. The quantitative estimate of drug-likeness (QED) is 0.799. The van der Waals surface area contributed by atoms with Crippen molar-refractivity contribution >= 4 is 5.78 Å². The molecule has 142 valence electrons. The molecule has 0 unspecified atom stereocenters. The Morgan fingerprint density at radius 1 is 1.12 bits per heavy atom. The fraction of sp³-hybridized carbons (Fsp3) is 0.952. The van der Waals surface area contributed by atoms with Gasteiger partial charge in [-0.05, 0) is 85.9 Å². The molecule has 0 aromatic carbocycles. The highest BCUT2D eigenvalue weighted by Gasteiger charge is 2.64. The highest BCUT2D eigenvalue weighted by atomic mass is 19.1. The molecule has 4 rings (SSSR count). The van der Waals surface area contributed by atoms with Crippen molar-refractivity contribution in [2.24, 2.45) is 40.4 Å². The molecule has 25 heavy (non-hydrogen) atoms. The lowest BCUT2D eigenvalue weighted by molar-refractivity contribution is -0.162. The number of halogens is 1. The highest BCUT2D eigenvalue weighted by Crippen LogP contribution is 2.68. The number of carbonyl (C=O) groups is 1. The van der Waals surface area contributed by atoms with Gasteiger partial charge in [0.1, 0.15) is 12.8 Å². The summed E-state index contributed by atoms with van der Waals surface area (Å²) in [5.74, 6) is 1.05. The van der Waals surface area contributed by atoms with Crippen LogP contribution >= 0.6 is 0 Å². The third kappa shape index (κ3) is 2.46. The van der Waals surface area contributed by atoms with E-state index in [4.69, 9.17) is 0 Å². The minimum atomic E-state index is -0.860. The number of hydrogen-bond donors (Lipinski definition) is 2. The molecule has 4 heteroatoms. The van der Waals surface area contributed by atoms with Crippen LogP contribution in [-0.4, -0.2) is 34.9 Å². The molecule has 0 aliphatic heterocycles. The molecule has 4 aliphatic carbocycles. The van der Waals surface area contributed by atoms with E-state index < -0.39 is 12.8 Å². The van der Waals surface area contributed by atoms with Gasteiger partial charge in [-0.25, -0.2) is 4.39 Å². The fourth-order valence-electron chi connectivity index (χ4n) is 7.93. The summed E-state index contributed by atoms with van der Waals surface area (Å²) >= 11 is 0. The van der Waals surface area contributed by atoms with Crippen molar-refractivity contribution in [3.05, 3.63) is 0 Å². The maximum atomic E-state index is 15.6. The van der Waals surface area contributed by atoms with Crippen molar-refractivity contribution in [1.29, 1.82) is 0 Å². The van der Waals surface area contributed by atoms with Crippen LogP contribution < -0.4 is 0 Å². The van der Waals surface area contributed by atoms with E-state index >= 15 is 4.39 Å². The summed E-state index contributed by atoms with van der Waals surface area (Å²) in [6.07, 6.45) is 5.92. The molecule has 0 heterocycles. The first-order valence-electron chi connectivity index (χ1n) is 10.3. The van der Waals surface area contributed by atoms with E-state index in [2.05, 4.69) is 13.8 Å². The van der Waals surface area contributed by atoms with Gasteiger partial charge < -0.3 is 10.2 Å². The van der Waals surface area contributed by atoms with E-state index in [-0.39, 0.29) is 34.6 Å². The Morgan fingerprint density at radius 2 is 1.88 bits per heavy atom. The van der Waals surface area contributed by atoms with E-state index in [9.17, 15) is 15.0 Å². The maximum Gasteiger partial charge on any atom is 0.161 e. The Morgan fingerprint density at radius 3 is 2.60 bits per heavy atom. The maximum absolute atomic E-state index is 15.6. The summed E-state index contributed by atoms with van der Waals surface area (Å²) in [4.78, 5) is 12.3. The van der Waals surface area contributed by atoms with Crippen LogP contribution in [0.4, 0.5) is 4.39 Å². The first-order valence-corrected chi connectivity index (χ1v) is 10.3. The molecule has 9 atom stereocenters. The number of hydrogen-bond acceptors (Lipinski definition) is 3.